The highest BCUT2D eigenvalue weighted by molar-refractivity contribution is 5.77. The van der Waals surface area contributed by atoms with E-state index in [1.165, 1.54) is 24.0 Å². The van der Waals surface area contributed by atoms with Gasteiger partial charge in [-0.15, -0.1) is 0 Å². The van der Waals surface area contributed by atoms with Crippen molar-refractivity contribution < 1.29 is 0 Å². The van der Waals surface area contributed by atoms with Crippen LogP contribution in [-0.2, 0) is 11.8 Å². The van der Waals surface area contributed by atoms with E-state index in [0.717, 1.165) is 25.8 Å². The van der Waals surface area contributed by atoms with Crippen LogP contribution in [0.25, 0.3) is 0 Å². The van der Waals surface area contributed by atoms with Gasteiger partial charge in [0, 0.05) is 0 Å². The van der Waals surface area contributed by atoms with E-state index in [9.17, 15) is 0 Å². The Morgan fingerprint density at radius 3 is 2.23 bits per heavy atom. The van der Waals surface area contributed by atoms with Crippen molar-refractivity contribution in [2.24, 2.45) is 16.5 Å². The molecule has 0 amide bonds. The van der Waals surface area contributed by atoms with Crippen molar-refractivity contribution in [3.63, 3.8) is 0 Å². The second-order valence-corrected chi connectivity index (χ2v) is 7.21. The average molecular weight is 303 g/mol. The average Bonchev–Trinajstić information content (AvgIpc) is 2.42. The number of amidine groups is 1. The molecule has 0 aliphatic rings. The Labute approximate surface area is 136 Å². The summed E-state index contributed by atoms with van der Waals surface area (Å²) in [7, 11) is 0. The second-order valence-electron chi connectivity index (χ2n) is 7.21. The van der Waals surface area contributed by atoms with Crippen molar-refractivity contribution in [3.05, 3.63) is 35.4 Å². The predicted molar refractivity (Wildman–Crippen MR) is 97.5 cm³/mol. The molecular weight excluding hydrogens is 270 g/mol. The Morgan fingerprint density at radius 2 is 1.73 bits per heavy atom. The Bertz CT molecular complexity index is 451. The van der Waals surface area contributed by atoms with Gasteiger partial charge in [-0.3, -0.25) is 4.99 Å². The maximum Gasteiger partial charge on any atom is 0.0909 e. The fourth-order valence-electron chi connectivity index (χ4n) is 2.61. The van der Waals surface area contributed by atoms with E-state index >= 15 is 0 Å². The van der Waals surface area contributed by atoms with Gasteiger partial charge in [-0.1, -0.05) is 57.9 Å². The summed E-state index contributed by atoms with van der Waals surface area (Å²) in [5.41, 5.74) is 14.2. The van der Waals surface area contributed by atoms with E-state index in [1.54, 1.807) is 0 Å². The van der Waals surface area contributed by atoms with E-state index in [2.05, 4.69) is 50.0 Å². The zero-order valence-corrected chi connectivity index (χ0v) is 14.7. The van der Waals surface area contributed by atoms with Crippen molar-refractivity contribution >= 4 is 5.84 Å². The molecule has 1 aromatic carbocycles. The first-order valence-corrected chi connectivity index (χ1v) is 8.42. The SMILES string of the molecule is CC(N)=NC(CCCCCN)Cc1ccc(C(C)(C)C)cc1. The van der Waals surface area contributed by atoms with Crippen LogP contribution in [0.2, 0.25) is 0 Å². The van der Waals surface area contributed by atoms with Crippen molar-refractivity contribution in [3.8, 4) is 0 Å². The molecule has 0 heterocycles. The molecule has 0 saturated carbocycles. The molecule has 0 saturated heterocycles. The summed E-state index contributed by atoms with van der Waals surface area (Å²) in [6.07, 6.45) is 5.48. The molecule has 0 aliphatic heterocycles. The number of hydrogen-bond acceptors (Lipinski definition) is 2. The monoisotopic (exact) mass is 303 g/mol. The molecule has 124 valence electrons. The quantitative estimate of drug-likeness (QED) is 0.436. The largest absolute Gasteiger partial charge is 0.388 e. The third-order valence-corrected chi connectivity index (χ3v) is 3.92. The molecule has 1 atom stereocenters. The lowest BCUT2D eigenvalue weighted by Gasteiger charge is -2.20. The molecule has 0 aliphatic carbocycles. The van der Waals surface area contributed by atoms with Crippen LogP contribution in [-0.4, -0.2) is 18.4 Å². The van der Waals surface area contributed by atoms with Gasteiger partial charge in [-0.2, -0.15) is 0 Å². The maximum atomic E-state index is 5.79. The van der Waals surface area contributed by atoms with Gasteiger partial charge in [-0.25, -0.2) is 0 Å². The molecule has 3 nitrogen and oxygen atoms in total. The Kier molecular flexibility index (Phi) is 7.60. The highest BCUT2D eigenvalue weighted by Crippen LogP contribution is 2.23. The zero-order valence-electron chi connectivity index (χ0n) is 14.7. The third-order valence-electron chi connectivity index (χ3n) is 3.92. The molecule has 0 spiro atoms. The summed E-state index contributed by atoms with van der Waals surface area (Å²) in [4.78, 5) is 4.60. The third kappa shape index (κ3) is 7.08. The van der Waals surface area contributed by atoms with Crippen LogP contribution in [0.3, 0.4) is 0 Å². The molecule has 0 radical (unpaired) electrons. The fourth-order valence-corrected chi connectivity index (χ4v) is 2.61. The second kappa shape index (κ2) is 8.94. The molecule has 0 fully saturated rings. The molecule has 22 heavy (non-hydrogen) atoms. The smallest absolute Gasteiger partial charge is 0.0909 e. The van der Waals surface area contributed by atoms with Gasteiger partial charge in [0.2, 0.25) is 0 Å². The van der Waals surface area contributed by atoms with Crippen LogP contribution in [0.5, 0.6) is 0 Å². The number of aliphatic imine (C=N–C) groups is 1. The van der Waals surface area contributed by atoms with Crippen LogP contribution in [0.4, 0.5) is 0 Å². The number of nitrogens with zero attached hydrogens (tertiary/aromatic N) is 1. The Balaban J connectivity index is 2.66. The van der Waals surface area contributed by atoms with Gasteiger partial charge in [-0.05, 0) is 49.3 Å². The number of nitrogens with two attached hydrogens (primary N) is 2. The summed E-state index contributed by atoms with van der Waals surface area (Å²) in [6.45, 7) is 9.37. The van der Waals surface area contributed by atoms with Crippen LogP contribution >= 0.6 is 0 Å². The highest BCUT2D eigenvalue weighted by Gasteiger charge is 2.14. The first-order valence-electron chi connectivity index (χ1n) is 8.42. The minimum Gasteiger partial charge on any atom is -0.388 e. The minimum atomic E-state index is 0.201. The molecule has 4 N–H and O–H groups in total. The first-order chi connectivity index (χ1) is 10.3. The molecule has 1 unspecified atom stereocenters. The molecular formula is C19H33N3. The van der Waals surface area contributed by atoms with E-state index in [-0.39, 0.29) is 11.5 Å². The van der Waals surface area contributed by atoms with E-state index in [1.807, 2.05) is 6.92 Å². The van der Waals surface area contributed by atoms with Crippen molar-refractivity contribution in [1.82, 2.24) is 0 Å². The molecule has 3 heteroatoms. The lowest BCUT2D eigenvalue weighted by atomic mass is 9.86. The van der Waals surface area contributed by atoms with Gasteiger partial charge in [0.25, 0.3) is 0 Å². The van der Waals surface area contributed by atoms with Gasteiger partial charge < -0.3 is 11.5 Å². The fraction of sp³-hybridized carbons (Fsp3) is 0.632. The lowest BCUT2D eigenvalue weighted by Crippen LogP contribution is -2.16. The van der Waals surface area contributed by atoms with E-state index < -0.39 is 0 Å². The molecule has 0 bridgehead atoms. The number of benzene rings is 1. The Morgan fingerprint density at radius 1 is 1.09 bits per heavy atom. The van der Waals surface area contributed by atoms with Crippen LogP contribution in [0.1, 0.15) is 64.5 Å². The number of rotatable bonds is 8. The number of hydrogen-bond donors (Lipinski definition) is 2. The van der Waals surface area contributed by atoms with Gasteiger partial charge in [0.15, 0.2) is 0 Å². The zero-order chi connectivity index (χ0) is 16.6. The van der Waals surface area contributed by atoms with Gasteiger partial charge >= 0.3 is 0 Å². The van der Waals surface area contributed by atoms with Crippen molar-refractivity contribution in [1.29, 1.82) is 0 Å². The summed E-state index contributed by atoms with van der Waals surface area (Å²) < 4.78 is 0. The van der Waals surface area contributed by atoms with Crippen molar-refractivity contribution in [2.45, 2.75) is 71.3 Å². The molecule has 1 rings (SSSR count). The van der Waals surface area contributed by atoms with Crippen LogP contribution < -0.4 is 11.5 Å². The highest BCUT2D eigenvalue weighted by atomic mass is 14.9. The summed E-state index contributed by atoms with van der Waals surface area (Å²) in [5.74, 6) is 0.676. The molecule has 0 aromatic heterocycles. The van der Waals surface area contributed by atoms with Crippen molar-refractivity contribution in [2.75, 3.05) is 6.54 Å². The first kappa shape index (κ1) is 18.7. The number of unbranched alkanes of at least 4 members (excludes halogenated alkanes) is 2. The van der Waals surface area contributed by atoms with Gasteiger partial charge in [0.05, 0.1) is 11.9 Å². The van der Waals surface area contributed by atoms with Crippen LogP contribution in [0, 0.1) is 0 Å². The summed E-state index contributed by atoms with van der Waals surface area (Å²) in [6, 6.07) is 9.21. The minimum absolute atomic E-state index is 0.201. The summed E-state index contributed by atoms with van der Waals surface area (Å²) in [5, 5.41) is 0. The topological polar surface area (TPSA) is 64.4 Å². The van der Waals surface area contributed by atoms with Crippen LogP contribution in [0.15, 0.2) is 29.3 Å². The normalized spacial score (nSPS) is 14.1. The van der Waals surface area contributed by atoms with E-state index in [4.69, 9.17) is 11.5 Å². The molecule has 1 aromatic rings. The predicted octanol–water partition coefficient (Wildman–Crippen LogP) is 3.79. The maximum absolute atomic E-state index is 5.79. The summed E-state index contributed by atoms with van der Waals surface area (Å²) >= 11 is 0. The Hall–Kier alpha value is -1.35. The van der Waals surface area contributed by atoms with Gasteiger partial charge in [0.1, 0.15) is 0 Å². The standard InChI is InChI=1S/C19H33N3/c1-15(21)22-18(8-6-5-7-13-20)14-16-9-11-17(12-10-16)19(2,3)4/h9-12,18H,5-8,13-14,20H2,1-4H3,(H2,21,22). The van der Waals surface area contributed by atoms with E-state index in [0.29, 0.717) is 5.84 Å². The lowest BCUT2D eigenvalue weighted by molar-refractivity contribution is 0.552.